The van der Waals surface area contributed by atoms with Crippen molar-refractivity contribution < 1.29 is 9.59 Å². The number of nitrogens with one attached hydrogen (secondary N) is 3. The normalized spacial score (nSPS) is 14.2. The number of carbonyl (C=O) groups is 2. The van der Waals surface area contributed by atoms with E-state index in [0.717, 1.165) is 0 Å². The summed E-state index contributed by atoms with van der Waals surface area (Å²) < 4.78 is 0. The Morgan fingerprint density at radius 2 is 2.30 bits per heavy atom. The molecule has 3 N–H and O–H groups in total. The van der Waals surface area contributed by atoms with Gasteiger partial charge in [0.25, 0.3) is 11.7 Å². The lowest BCUT2D eigenvalue weighted by atomic mass is 10.2. The number of anilines is 2. The Morgan fingerprint density at radius 3 is 3.00 bits per heavy atom. The van der Waals surface area contributed by atoms with Crippen LogP contribution in [0.2, 0.25) is 0 Å². The first-order valence-electron chi connectivity index (χ1n) is 5.94. The Kier molecular flexibility index (Phi) is 2.99. The molecule has 0 atom stereocenters. The summed E-state index contributed by atoms with van der Waals surface area (Å²) in [5.74, 6) is -0.518. The average Bonchev–Trinajstić information content (AvgIpc) is 3.10. The number of nitrogens with zero attached hydrogens (tertiary/aromatic N) is 4. The van der Waals surface area contributed by atoms with Crippen molar-refractivity contribution in [3.63, 3.8) is 0 Å². The molecule has 20 heavy (non-hydrogen) atoms. The molecule has 1 aromatic carbocycles. The van der Waals surface area contributed by atoms with Crippen LogP contribution in [-0.4, -0.2) is 45.7 Å². The lowest BCUT2D eigenvalue weighted by Gasteiger charge is -2.15. The van der Waals surface area contributed by atoms with Crippen molar-refractivity contribution in [3.05, 3.63) is 30.1 Å². The van der Waals surface area contributed by atoms with Gasteiger partial charge in [-0.05, 0) is 23.4 Å². The minimum atomic E-state index is -0.471. The molecule has 0 saturated carbocycles. The molecule has 1 fully saturated rings. The van der Waals surface area contributed by atoms with Crippen LogP contribution in [0.5, 0.6) is 0 Å². The van der Waals surface area contributed by atoms with Gasteiger partial charge in [0.05, 0.1) is 0 Å². The smallest absolute Gasteiger partial charge is 0.321 e. The van der Waals surface area contributed by atoms with E-state index in [9.17, 15) is 9.59 Å². The van der Waals surface area contributed by atoms with Gasteiger partial charge in [-0.25, -0.2) is 4.79 Å². The molecule has 0 spiro atoms. The highest BCUT2D eigenvalue weighted by Crippen LogP contribution is 2.21. The zero-order valence-electron chi connectivity index (χ0n) is 10.3. The van der Waals surface area contributed by atoms with Gasteiger partial charge in [-0.3, -0.25) is 9.69 Å². The van der Waals surface area contributed by atoms with Crippen LogP contribution in [0, 0.1) is 0 Å². The van der Waals surface area contributed by atoms with Crippen LogP contribution in [-0.2, 0) is 0 Å². The highest BCUT2D eigenvalue weighted by atomic mass is 16.2. The van der Waals surface area contributed by atoms with Gasteiger partial charge in [0.1, 0.15) is 0 Å². The Bertz CT molecular complexity index is 640. The maximum Gasteiger partial charge on any atom is 0.321 e. The molecule has 3 amide bonds. The average molecular weight is 273 g/mol. The van der Waals surface area contributed by atoms with E-state index in [-0.39, 0.29) is 11.9 Å². The number of aromatic nitrogens is 4. The molecular formula is C11H11N7O2. The van der Waals surface area contributed by atoms with Crippen molar-refractivity contribution in [2.45, 2.75) is 0 Å². The number of carbonyl (C=O) groups excluding carboxylic acids is 2. The molecule has 0 unspecified atom stereocenters. The van der Waals surface area contributed by atoms with Crippen LogP contribution >= 0.6 is 0 Å². The summed E-state index contributed by atoms with van der Waals surface area (Å²) in [6, 6.07) is 6.84. The maximum absolute atomic E-state index is 11.8. The van der Waals surface area contributed by atoms with Crippen LogP contribution < -0.4 is 15.5 Å². The van der Waals surface area contributed by atoms with Crippen LogP contribution in [0.4, 0.5) is 16.2 Å². The lowest BCUT2D eigenvalue weighted by Crippen LogP contribution is -2.27. The van der Waals surface area contributed by atoms with E-state index in [1.807, 2.05) is 0 Å². The Morgan fingerprint density at radius 1 is 1.40 bits per heavy atom. The molecule has 0 aliphatic carbocycles. The summed E-state index contributed by atoms with van der Waals surface area (Å²) in [5, 5.41) is 18.1. The summed E-state index contributed by atoms with van der Waals surface area (Å²) in [6.45, 7) is 1.21. The first-order chi connectivity index (χ1) is 9.74. The summed E-state index contributed by atoms with van der Waals surface area (Å²) in [6.07, 6.45) is 0. The molecule has 0 radical (unpaired) electrons. The second-order valence-electron chi connectivity index (χ2n) is 4.12. The summed E-state index contributed by atoms with van der Waals surface area (Å²) in [4.78, 5) is 25.0. The molecular weight excluding hydrogens is 262 g/mol. The van der Waals surface area contributed by atoms with Gasteiger partial charge in [-0.2, -0.15) is 5.21 Å². The molecule has 9 heteroatoms. The summed E-state index contributed by atoms with van der Waals surface area (Å²) >= 11 is 0. The molecule has 1 saturated heterocycles. The Balaban J connectivity index is 1.78. The van der Waals surface area contributed by atoms with Gasteiger partial charge < -0.3 is 10.6 Å². The fraction of sp³-hybridized carbons (Fsp3) is 0.182. The first-order valence-corrected chi connectivity index (χ1v) is 5.94. The van der Waals surface area contributed by atoms with Crippen molar-refractivity contribution >= 4 is 23.3 Å². The van der Waals surface area contributed by atoms with E-state index in [1.54, 1.807) is 29.2 Å². The monoisotopic (exact) mass is 273 g/mol. The van der Waals surface area contributed by atoms with Gasteiger partial charge in [0, 0.05) is 24.5 Å². The number of aromatic amines is 1. The number of H-pyrrole nitrogens is 1. The molecule has 3 rings (SSSR count). The number of rotatable bonds is 3. The molecule has 0 bridgehead atoms. The van der Waals surface area contributed by atoms with E-state index in [2.05, 4.69) is 31.3 Å². The van der Waals surface area contributed by atoms with Crippen LogP contribution in [0.1, 0.15) is 10.6 Å². The van der Waals surface area contributed by atoms with Gasteiger partial charge >= 0.3 is 6.03 Å². The van der Waals surface area contributed by atoms with Crippen molar-refractivity contribution in [2.75, 3.05) is 23.3 Å². The highest BCUT2D eigenvalue weighted by Gasteiger charge is 2.21. The number of urea groups is 1. The molecule has 2 aromatic rings. The minimum Gasteiger partial charge on any atom is -0.336 e. The van der Waals surface area contributed by atoms with Gasteiger partial charge in [-0.15, -0.1) is 10.2 Å². The predicted octanol–water partition coefficient (Wildman–Crippen LogP) is -0.0184. The highest BCUT2D eigenvalue weighted by molar-refractivity contribution is 6.02. The standard InChI is InChI=1S/C11H11N7O2/c19-10(9-14-16-17-15-9)13-7-2-1-3-8(6-7)18-5-4-12-11(18)20/h1-3,6H,4-5H2,(H,12,20)(H,13,19)(H,14,15,16,17). The van der Waals surface area contributed by atoms with Crippen molar-refractivity contribution in [1.29, 1.82) is 0 Å². The molecule has 2 heterocycles. The third-order valence-corrected chi connectivity index (χ3v) is 2.82. The van der Waals surface area contributed by atoms with Crippen molar-refractivity contribution in [3.8, 4) is 0 Å². The van der Waals surface area contributed by atoms with Gasteiger partial charge in [0.2, 0.25) is 0 Å². The minimum absolute atomic E-state index is 0.0469. The summed E-state index contributed by atoms with van der Waals surface area (Å²) in [7, 11) is 0. The zero-order valence-corrected chi connectivity index (χ0v) is 10.3. The second kappa shape index (κ2) is 4.96. The topological polar surface area (TPSA) is 116 Å². The fourth-order valence-corrected chi connectivity index (χ4v) is 1.91. The first kappa shape index (κ1) is 12.1. The molecule has 1 aromatic heterocycles. The number of benzene rings is 1. The van der Waals surface area contributed by atoms with E-state index in [0.29, 0.717) is 24.5 Å². The SMILES string of the molecule is O=C(Nc1cccc(N2CCNC2=O)c1)c1nn[nH]n1. The lowest BCUT2D eigenvalue weighted by molar-refractivity contribution is 0.101. The Hall–Kier alpha value is -2.97. The van der Waals surface area contributed by atoms with Crippen molar-refractivity contribution in [1.82, 2.24) is 25.9 Å². The van der Waals surface area contributed by atoms with E-state index < -0.39 is 5.91 Å². The van der Waals surface area contributed by atoms with Gasteiger partial charge in [-0.1, -0.05) is 6.07 Å². The third-order valence-electron chi connectivity index (χ3n) is 2.82. The van der Waals surface area contributed by atoms with E-state index in [4.69, 9.17) is 0 Å². The zero-order chi connectivity index (χ0) is 13.9. The number of amides is 3. The van der Waals surface area contributed by atoms with Crippen LogP contribution in [0.3, 0.4) is 0 Å². The number of tetrazole rings is 1. The molecule has 1 aliphatic heterocycles. The third kappa shape index (κ3) is 2.28. The van der Waals surface area contributed by atoms with Gasteiger partial charge in [0.15, 0.2) is 0 Å². The van der Waals surface area contributed by atoms with E-state index in [1.165, 1.54) is 0 Å². The van der Waals surface area contributed by atoms with Crippen LogP contribution in [0.25, 0.3) is 0 Å². The number of hydrogen-bond acceptors (Lipinski definition) is 5. The quantitative estimate of drug-likeness (QED) is 0.726. The van der Waals surface area contributed by atoms with Crippen LogP contribution in [0.15, 0.2) is 24.3 Å². The fourth-order valence-electron chi connectivity index (χ4n) is 1.91. The van der Waals surface area contributed by atoms with Crippen molar-refractivity contribution in [2.24, 2.45) is 0 Å². The predicted molar refractivity (Wildman–Crippen MR) is 69.3 cm³/mol. The molecule has 1 aliphatic rings. The largest absolute Gasteiger partial charge is 0.336 e. The molecule has 102 valence electrons. The summed E-state index contributed by atoms with van der Waals surface area (Å²) in [5.41, 5.74) is 1.27. The Labute approximate surface area is 113 Å². The maximum atomic E-state index is 11.8. The number of hydrogen-bond donors (Lipinski definition) is 3. The molecule has 9 nitrogen and oxygen atoms in total. The van der Waals surface area contributed by atoms with E-state index >= 15 is 0 Å². The second-order valence-corrected chi connectivity index (χ2v) is 4.12.